The van der Waals surface area contributed by atoms with Gasteiger partial charge in [-0.05, 0) is 25.3 Å². The number of nitrogens with one attached hydrogen (secondary N) is 2. The molecule has 7 heteroatoms. The van der Waals surface area contributed by atoms with Crippen LogP contribution in [-0.2, 0) is 12.7 Å². The molecular formula is C16H17F3N4. The van der Waals surface area contributed by atoms with Gasteiger partial charge in [0.2, 0.25) is 5.95 Å². The molecule has 23 heavy (non-hydrogen) atoms. The molecular weight excluding hydrogens is 305 g/mol. The molecule has 3 rings (SSSR count). The fraction of sp³-hybridized carbons (Fsp3) is 0.375. The average molecular weight is 322 g/mol. The van der Waals surface area contributed by atoms with Crippen molar-refractivity contribution in [1.29, 1.82) is 0 Å². The summed E-state index contributed by atoms with van der Waals surface area (Å²) in [7, 11) is 0. The molecule has 0 unspecified atom stereocenters. The maximum Gasteiger partial charge on any atom is 0.433 e. The van der Waals surface area contributed by atoms with E-state index in [1.807, 2.05) is 31.2 Å². The second-order valence-corrected chi connectivity index (χ2v) is 5.72. The molecule has 1 aliphatic carbocycles. The minimum atomic E-state index is -4.50. The van der Waals surface area contributed by atoms with Gasteiger partial charge >= 0.3 is 6.18 Å². The highest BCUT2D eigenvalue weighted by atomic mass is 19.4. The lowest BCUT2D eigenvalue weighted by Crippen LogP contribution is -2.15. The molecule has 1 aromatic heterocycles. The van der Waals surface area contributed by atoms with Crippen LogP contribution < -0.4 is 10.6 Å². The van der Waals surface area contributed by atoms with E-state index >= 15 is 0 Å². The van der Waals surface area contributed by atoms with Crippen LogP contribution in [-0.4, -0.2) is 16.0 Å². The molecule has 1 aliphatic rings. The normalized spacial score (nSPS) is 14.6. The van der Waals surface area contributed by atoms with Gasteiger partial charge < -0.3 is 10.6 Å². The lowest BCUT2D eigenvalue weighted by atomic mass is 10.1. The summed E-state index contributed by atoms with van der Waals surface area (Å²) in [6.07, 6.45) is -2.62. The van der Waals surface area contributed by atoms with Crippen LogP contribution in [0.3, 0.4) is 0 Å². The van der Waals surface area contributed by atoms with Crippen molar-refractivity contribution in [3.05, 3.63) is 47.2 Å². The van der Waals surface area contributed by atoms with Crippen molar-refractivity contribution in [2.24, 2.45) is 0 Å². The first-order valence-electron chi connectivity index (χ1n) is 7.42. The van der Waals surface area contributed by atoms with Gasteiger partial charge in [-0.15, -0.1) is 0 Å². The first-order valence-corrected chi connectivity index (χ1v) is 7.42. The second kappa shape index (κ2) is 6.06. The number of aryl methyl sites for hydroxylation is 1. The van der Waals surface area contributed by atoms with Crippen molar-refractivity contribution in [3.63, 3.8) is 0 Å². The maximum absolute atomic E-state index is 13.0. The highest BCUT2D eigenvalue weighted by molar-refractivity contribution is 5.44. The molecule has 0 spiro atoms. The van der Waals surface area contributed by atoms with E-state index in [4.69, 9.17) is 0 Å². The molecule has 0 bridgehead atoms. The molecule has 0 radical (unpaired) electrons. The summed E-state index contributed by atoms with van der Waals surface area (Å²) in [5.74, 6) is 0.186. The minimum absolute atomic E-state index is 0.0223. The van der Waals surface area contributed by atoms with Gasteiger partial charge in [-0.2, -0.15) is 18.2 Å². The largest absolute Gasteiger partial charge is 0.433 e. The molecule has 0 aliphatic heterocycles. The van der Waals surface area contributed by atoms with Crippen molar-refractivity contribution < 1.29 is 13.2 Å². The standard InChI is InChI=1S/C16H17F3N4/c1-10-3-2-4-11(7-10)9-20-14-8-13(16(17,18)19)22-15(23-14)21-12-5-6-12/h2-4,7-8,12H,5-6,9H2,1H3,(H2,20,21,22,23). The van der Waals surface area contributed by atoms with Gasteiger partial charge in [0.05, 0.1) is 0 Å². The third-order valence-corrected chi connectivity index (χ3v) is 3.48. The van der Waals surface area contributed by atoms with Crippen LogP contribution in [0.25, 0.3) is 0 Å². The summed E-state index contributed by atoms with van der Waals surface area (Å²) >= 11 is 0. The smallest absolute Gasteiger partial charge is 0.366 e. The Labute approximate surface area is 132 Å². The Bertz CT molecular complexity index is 696. The van der Waals surface area contributed by atoms with Gasteiger partial charge in [0.1, 0.15) is 5.82 Å². The Morgan fingerprint density at radius 3 is 2.61 bits per heavy atom. The van der Waals surface area contributed by atoms with Gasteiger partial charge in [0, 0.05) is 18.7 Å². The lowest BCUT2D eigenvalue weighted by Gasteiger charge is -2.12. The van der Waals surface area contributed by atoms with E-state index < -0.39 is 11.9 Å². The number of alkyl halides is 3. The Hall–Kier alpha value is -2.31. The number of hydrogen-bond acceptors (Lipinski definition) is 4. The first-order chi connectivity index (χ1) is 10.9. The van der Waals surface area contributed by atoms with Crippen LogP contribution >= 0.6 is 0 Å². The molecule has 122 valence electrons. The summed E-state index contributed by atoms with van der Waals surface area (Å²) < 4.78 is 38.9. The van der Waals surface area contributed by atoms with E-state index in [1.54, 1.807) is 0 Å². The van der Waals surface area contributed by atoms with Crippen LogP contribution in [0.1, 0.15) is 29.7 Å². The van der Waals surface area contributed by atoms with Crippen LogP contribution in [0.5, 0.6) is 0 Å². The van der Waals surface area contributed by atoms with Crippen LogP contribution in [0.2, 0.25) is 0 Å². The Morgan fingerprint density at radius 1 is 1.17 bits per heavy atom. The average Bonchev–Trinajstić information content (AvgIpc) is 3.28. The Balaban J connectivity index is 1.79. The SMILES string of the molecule is Cc1cccc(CNc2cc(C(F)(F)F)nc(NC3CC3)n2)c1. The molecule has 4 nitrogen and oxygen atoms in total. The molecule has 0 saturated heterocycles. The fourth-order valence-electron chi connectivity index (χ4n) is 2.17. The van der Waals surface area contributed by atoms with Crippen molar-refractivity contribution in [2.45, 2.75) is 38.5 Å². The third kappa shape index (κ3) is 4.34. The fourth-order valence-corrected chi connectivity index (χ4v) is 2.17. The van der Waals surface area contributed by atoms with Gasteiger partial charge in [0.15, 0.2) is 5.69 Å². The zero-order valence-corrected chi connectivity index (χ0v) is 12.6. The number of rotatable bonds is 5. The number of hydrogen-bond donors (Lipinski definition) is 2. The van der Waals surface area contributed by atoms with Crippen molar-refractivity contribution in [1.82, 2.24) is 9.97 Å². The van der Waals surface area contributed by atoms with Crippen LogP contribution in [0, 0.1) is 6.92 Å². The summed E-state index contributed by atoms with van der Waals surface area (Å²) in [5, 5.41) is 5.86. The highest BCUT2D eigenvalue weighted by Gasteiger charge is 2.34. The van der Waals surface area contributed by atoms with Crippen LogP contribution in [0.4, 0.5) is 24.9 Å². The molecule has 1 saturated carbocycles. The molecule has 2 N–H and O–H groups in total. The lowest BCUT2D eigenvalue weighted by molar-refractivity contribution is -0.141. The first kappa shape index (κ1) is 15.6. The van der Waals surface area contributed by atoms with E-state index in [9.17, 15) is 13.2 Å². The Kier molecular flexibility index (Phi) is 4.11. The summed E-state index contributed by atoms with van der Waals surface area (Å²) in [6, 6.07) is 8.88. The van der Waals surface area contributed by atoms with Gasteiger partial charge in [-0.25, -0.2) is 4.98 Å². The molecule has 0 atom stereocenters. The van der Waals surface area contributed by atoms with Gasteiger partial charge in [0.25, 0.3) is 0 Å². The van der Waals surface area contributed by atoms with Gasteiger partial charge in [-0.1, -0.05) is 29.8 Å². The predicted octanol–water partition coefficient (Wildman–Crippen LogP) is 3.99. The maximum atomic E-state index is 13.0. The molecule has 1 fully saturated rings. The molecule has 1 heterocycles. The van der Waals surface area contributed by atoms with E-state index in [2.05, 4.69) is 20.6 Å². The topological polar surface area (TPSA) is 49.8 Å². The van der Waals surface area contributed by atoms with Gasteiger partial charge in [-0.3, -0.25) is 0 Å². The van der Waals surface area contributed by atoms with Crippen molar-refractivity contribution in [2.75, 3.05) is 10.6 Å². The minimum Gasteiger partial charge on any atom is -0.366 e. The van der Waals surface area contributed by atoms with Crippen LogP contribution in [0.15, 0.2) is 30.3 Å². The monoisotopic (exact) mass is 322 g/mol. The molecule has 0 amide bonds. The second-order valence-electron chi connectivity index (χ2n) is 5.72. The number of halogens is 3. The van der Waals surface area contributed by atoms with Crippen molar-refractivity contribution >= 4 is 11.8 Å². The molecule has 2 aromatic rings. The van der Waals surface area contributed by atoms with E-state index in [0.717, 1.165) is 30.0 Å². The Morgan fingerprint density at radius 2 is 1.96 bits per heavy atom. The number of aromatic nitrogens is 2. The zero-order chi connectivity index (χ0) is 16.4. The number of nitrogens with zero attached hydrogens (tertiary/aromatic N) is 2. The summed E-state index contributed by atoms with van der Waals surface area (Å²) in [5.41, 5.74) is 1.13. The summed E-state index contributed by atoms with van der Waals surface area (Å²) in [6.45, 7) is 2.37. The predicted molar refractivity (Wildman–Crippen MR) is 82.2 cm³/mol. The van der Waals surface area contributed by atoms with E-state index in [-0.39, 0.29) is 17.8 Å². The summed E-state index contributed by atoms with van der Waals surface area (Å²) in [4.78, 5) is 7.70. The third-order valence-electron chi connectivity index (χ3n) is 3.48. The van der Waals surface area contributed by atoms with E-state index in [0.29, 0.717) is 6.54 Å². The number of anilines is 2. The highest BCUT2D eigenvalue weighted by Crippen LogP contribution is 2.31. The molecule has 1 aromatic carbocycles. The number of benzene rings is 1. The van der Waals surface area contributed by atoms with Crippen molar-refractivity contribution in [3.8, 4) is 0 Å². The van der Waals surface area contributed by atoms with E-state index in [1.165, 1.54) is 0 Å². The zero-order valence-electron chi connectivity index (χ0n) is 12.6. The quantitative estimate of drug-likeness (QED) is 0.874.